The topological polar surface area (TPSA) is 78.8 Å². The van der Waals surface area contributed by atoms with E-state index in [0.29, 0.717) is 17.9 Å². The average Bonchev–Trinajstić information content (AvgIpc) is 3.35. The molecule has 34 heavy (non-hydrogen) atoms. The second-order valence-electron chi connectivity index (χ2n) is 8.19. The Morgan fingerprint density at radius 3 is 2.24 bits per heavy atom. The van der Waals surface area contributed by atoms with Crippen molar-refractivity contribution in [1.82, 2.24) is 9.73 Å². The Hall–Kier alpha value is -3.26. The molecule has 0 aromatic heterocycles. The third kappa shape index (κ3) is 4.18. The van der Waals surface area contributed by atoms with E-state index in [0.717, 1.165) is 27.1 Å². The van der Waals surface area contributed by atoms with Crippen LogP contribution in [-0.2, 0) is 14.8 Å². The summed E-state index contributed by atoms with van der Waals surface area (Å²) in [4.78, 5) is 13.1. The first-order valence-corrected chi connectivity index (χ1v) is 12.8. The maximum Gasteiger partial charge on any atom is 0.258 e. The van der Waals surface area contributed by atoms with Gasteiger partial charge in [0.1, 0.15) is 6.04 Å². The maximum atomic E-state index is 13.1. The van der Waals surface area contributed by atoms with Gasteiger partial charge >= 0.3 is 0 Å². The van der Waals surface area contributed by atoms with Gasteiger partial charge in [-0.1, -0.05) is 60.1 Å². The first-order chi connectivity index (χ1) is 16.4. The average molecular weight is 492 g/mol. The molecular weight excluding hydrogens is 470 g/mol. The molecule has 1 aliphatic heterocycles. The zero-order chi connectivity index (χ0) is 23.7. The number of hydrogen-bond acceptors (Lipinski definition) is 4. The molecule has 1 N–H and O–H groups in total. The van der Waals surface area contributed by atoms with Gasteiger partial charge in [-0.25, -0.2) is 13.8 Å². The fourth-order valence-electron chi connectivity index (χ4n) is 4.45. The first kappa shape index (κ1) is 22.5. The van der Waals surface area contributed by atoms with Gasteiger partial charge in [0.25, 0.3) is 5.91 Å². The molecule has 1 heterocycles. The summed E-state index contributed by atoms with van der Waals surface area (Å²) < 4.78 is 27.5. The number of hydrogen-bond donors (Lipinski definition) is 1. The summed E-state index contributed by atoms with van der Waals surface area (Å²) in [5.74, 6) is -0.448. The molecule has 1 aliphatic rings. The van der Waals surface area contributed by atoms with Crippen molar-refractivity contribution in [3.63, 3.8) is 0 Å². The van der Waals surface area contributed by atoms with Crippen molar-refractivity contribution in [2.24, 2.45) is 5.10 Å². The minimum Gasteiger partial charge on any atom is -0.271 e. The van der Waals surface area contributed by atoms with Crippen LogP contribution in [0.3, 0.4) is 0 Å². The van der Waals surface area contributed by atoms with E-state index in [2.05, 4.69) is 16.6 Å². The van der Waals surface area contributed by atoms with Gasteiger partial charge in [-0.15, -0.1) is 0 Å². The van der Waals surface area contributed by atoms with E-state index in [1.54, 1.807) is 6.21 Å². The summed E-state index contributed by atoms with van der Waals surface area (Å²) >= 11 is 5.89. The van der Waals surface area contributed by atoms with E-state index in [-0.39, 0.29) is 11.4 Å². The molecule has 1 atom stereocenters. The molecule has 1 saturated heterocycles. The van der Waals surface area contributed by atoms with Crippen molar-refractivity contribution in [2.75, 3.05) is 6.54 Å². The molecule has 8 heteroatoms. The molecule has 0 bridgehead atoms. The second kappa shape index (κ2) is 9.18. The van der Waals surface area contributed by atoms with Crippen molar-refractivity contribution in [3.05, 3.63) is 89.4 Å². The van der Waals surface area contributed by atoms with Crippen LogP contribution in [0.25, 0.3) is 21.5 Å². The lowest BCUT2D eigenvalue weighted by atomic mass is 9.97. The molecular formula is C26H22ClN3O3S. The number of sulfonamides is 1. The number of fused-ring (bicyclic) bond motifs is 2. The van der Waals surface area contributed by atoms with Crippen LogP contribution < -0.4 is 5.43 Å². The van der Waals surface area contributed by atoms with Gasteiger partial charge in [0.2, 0.25) is 10.0 Å². The lowest BCUT2D eigenvalue weighted by molar-refractivity contribution is -0.124. The molecule has 4 aromatic carbocycles. The standard InChI is InChI=1S/C26H22ClN3O3S/c27-20-11-13-21(14-12-20)34(32,33)30-15-5-10-25(30)26(31)29-28-17-24-22-8-3-1-6-18(22)16-19-7-2-4-9-23(19)24/h1-4,6-9,11-14,16-17,25H,5,10,15H2,(H,29,31)/b28-17-/t25-/m1/s1. The van der Waals surface area contributed by atoms with E-state index in [9.17, 15) is 13.2 Å². The van der Waals surface area contributed by atoms with Crippen LogP contribution in [0.4, 0.5) is 0 Å². The molecule has 6 nitrogen and oxygen atoms in total. The van der Waals surface area contributed by atoms with Crippen molar-refractivity contribution >= 4 is 55.3 Å². The molecule has 0 radical (unpaired) electrons. The molecule has 0 aliphatic carbocycles. The summed E-state index contributed by atoms with van der Waals surface area (Å²) in [7, 11) is -3.82. The highest BCUT2D eigenvalue weighted by Crippen LogP contribution is 2.28. The van der Waals surface area contributed by atoms with Crippen LogP contribution in [0.15, 0.2) is 88.9 Å². The number of carbonyl (C=O) groups is 1. The highest BCUT2D eigenvalue weighted by atomic mass is 35.5. The summed E-state index contributed by atoms with van der Waals surface area (Å²) in [6, 6.07) is 23.3. The van der Waals surface area contributed by atoms with E-state index in [1.165, 1.54) is 28.6 Å². The smallest absolute Gasteiger partial charge is 0.258 e. The minimum atomic E-state index is -3.82. The van der Waals surface area contributed by atoms with Crippen LogP contribution in [-0.4, -0.2) is 37.4 Å². The number of benzene rings is 4. The normalized spacial score (nSPS) is 17.0. The zero-order valence-electron chi connectivity index (χ0n) is 18.2. The highest BCUT2D eigenvalue weighted by molar-refractivity contribution is 7.89. The molecule has 1 fully saturated rings. The number of nitrogens with one attached hydrogen (secondary N) is 1. The van der Waals surface area contributed by atoms with Crippen molar-refractivity contribution in [2.45, 2.75) is 23.8 Å². The van der Waals surface area contributed by atoms with E-state index in [1.807, 2.05) is 48.5 Å². The predicted molar refractivity (Wildman–Crippen MR) is 136 cm³/mol. The third-order valence-corrected chi connectivity index (χ3v) is 8.28. The van der Waals surface area contributed by atoms with Gasteiger partial charge in [0, 0.05) is 17.1 Å². The lowest BCUT2D eigenvalue weighted by Crippen LogP contribution is -2.44. The molecule has 0 saturated carbocycles. The largest absolute Gasteiger partial charge is 0.271 e. The minimum absolute atomic E-state index is 0.113. The van der Waals surface area contributed by atoms with Gasteiger partial charge in [0.15, 0.2) is 0 Å². The summed E-state index contributed by atoms with van der Waals surface area (Å²) in [6.45, 7) is 0.278. The highest BCUT2D eigenvalue weighted by Gasteiger charge is 2.39. The summed E-state index contributed by atoms with van der Waals surface area (Å²) in [5.41, 5.74) is 3.46. The molecule has 4 aromatic rings. The molecule has 5 rings (SSSR count). The Kier molecular flexibility index (Phi) is 6.08. The summed E-state index contributed by atoms with van der Waals surface area (Å²) in [6.07, 6.45) is 2.67. The number of hydrazone groups is 1. The van der Waals surface area contributed by atoms with Crippen LogP contribution in [0.1, 0.15) is 18.4 Å². The Balaban J connectivity index is 1.40. The van der Waals surface area contributed by atoms with Gasteiger partial charge in [-0.2, -0.15) is 9.41 Å². The quantitative estimate of drug-likeness (QED) is 0.244. The summed E-state index contributed by atoms with van der Waals surface area (Å²) in [5, 5.41) is 8.86. The zero-order valence-corrected chi connectivity index (χ0v) is 19.8. The van der Waals surface area contributed by atoms with Gasteiger partial charge in [-0.3, -0.25) is 4.79 Å². The Bertz CT molecular complexity index is 1460. The van der Waals surface area contributed by atoms with E-state index < -0.39 is 22.0 Å². The monoisotopic (exact) mass is 491 g/mol. The van der Waals surface area contributed by atoms with Gasteiger partial charge < -0.3 is 0 Å². The third-order valence-electron chi connectivity index (χ3n) is 6.11. The Labute approximate surface area is 202 Å². The molecule has 0 spiro atoms. The second-order valence-corrected chi connectivity index (χ2v) is 10.5. The Morgan fingerprint density at radius 1 is 0.971 bits per heavy atom. The van der Waals surface area contributed by atoms with Crippen molar-refractivity contribution < 1.29 is 13.2 Å². The number of carbonyl (C=O) groups excluding carboxylic acids is 1. The van der Waals surface area contributed by atoms with Gasteiger partial charge in [-0.05, 0) is 64.7 Å². The number of nitrogens with zero attached hydrogens (tertiary/aromatic N) is 2. The van der Waals surface area contributed by atoms with Crippen molar-refractivity contribution in [1.29, 1.82) is 0 Å². The SMILES string of the molecule is O=C(N/N=C\c1c2ccccc2cc2ccccc12)[C@H]1CCCN1S(=O)(=O)c1ccc(Cl)cc1. The van der Waals surface area contributed by atoms with Crippen molar-refractivity contribution in [3.8, 4) is 0 Å². The maximum absolute atomic E-state index is 13.1. The number of amides is 1. The van der Waals surface area contributed by atoms with Gasteiger partial charge in [0.05, 0.1) is 11.1 Å². The molecule has 0 unspecified atom stereocenters. The Morgan fingerprint density at radius 2 is 1.59 bits per heavy atom. The molecule has 172 valence electrons. The lowest BCUT2D eigenvalue weighted by Gasteiger charge is -2.22. The number of halogens is 1. The van der Waals surface area contributed by atoms with Crippen LogP contribution >= 0.6 is 11.6 Å². The van der Waals surface area contributed by atoms with E-state index in [4.69, 9.17) is 11.6 Å². The van der Waals surface area contributed by atoms with E-state index >= 15 is 0 Å². The fourth-order valence-corrected chi connectivity index (χ4v) is 6.24. The first-order valence-electron chi connectivity index (χ1n) is 11.0. The van der Waals surface area contributed by atoms with Crippen LogP contribution in [0.2, 0.25) is 5.02 Å². The van der Waals surface area contributed by atoms with Crippen LogP contribution in [0.5, 0.6) is 0 Å². The fraction of sp³-hybridized carbons (Fsp3) is 0.154. The molecule has 1 amide bonds. The number of rotatable bonds is 5. The van der Waals surface area contributed by atoms with Crippen LogP contribution in [0, 0.1) is 0 Å². The predicted octanol–water partition coefficient (Wildman–Crippen LogP) is 4.95.